The molecule has 1 heterocycles. The van der Waals surface area contributed by atoms with Crippen LogP contribution in [0.25, 0.3) is 10.4 Å². The second-order valence-electron chi connectivity index (χ2n) is 5.00. The standard InChI is InChI=1S/C14H21N5/c1-12-4-3-5-14(13(12)2)19-10-8-18(9-11-19)7-6-16-17-15/h3-5H,6-11H2,1-2H3. The van der Waals surface area contributed by atoms with E-state index in [4.69, 9.17) is 5.53 Å². The molecule has 2 rings (SSSR count). The summed E-state index contributed by atoms with van der Waals surface area (Å²) in [6.45, 7) is 9.95. The summed E-state index contributed by atoms with van der Waals surface area (Å²) in [7, 11) is 0. The molecule has 1 fully saturated rings. The molecule has 1 aliphatic rings. The lowest BCUT2D eigenvalue weighted by atomic mass is 10.1. The molecule has 0 aromatic heterocycles. The van der Waals surface area contributed by atoms with E-state index in [-0.39, 0.29) is 0 Å². The molecule has 0 aliphatic carbocycles. The third-order valence-electron chi connectivity index (χ3n) is 3.87. The minimum atomic E-state index is 0.569. The molecule has 0 atom stereocenters. The van der Waals surface area contributed by atoms with Gasteiger partial charge in [0.15, 0.2) is 0 Å². The zero-order valence-corrected chi connectivity index (χ0v) is 11.7. The first-order valence-electron chi connectivity index (χ1n) is 6.76. The molecule has 1 saturated heterocycles. The molecule has 0 amide bonds. The first-order chi connectivity index (χ1) is 9.22. The van der Waals surface area contributed by atoms with Crippen molar-refractivity contribution < 1.29 is 0 Å². The van der Waals surface area contributed by atoms with E-state index in [0.29, 0.717) is 6.54 Å². The van der Waals surface area contributed by atoms with E-state index in [1.54, 1.807) is 0 Å². The summed E-state index contributed by atoms with van der Waals surface area (Å²) in [5.41, 5.74) is 12.4. The summed E-state index contributed by atoms with van der Waals surface area (Å²) in [5.74, 6) is 0. The third kappa shape index (κ3) is 3.40. The van der Waals surface area contributed by atoms with Crippen LogP contribution in [0, 0.1) is 13.8 Å². The molecule has 1 aliphatic heterocycles. The topological polar surface area (TPSA) is 55.2 Å². The molecule has 1 aromatic rings. The van der Waals surface area contributed by atoms with Crippen LogP contribution in [0.1, 0.15) is 11.1 Å². The number of hydrogen-bond acceptors (Lipinski definition) is 3. The highest BCUT2D eigenvalue weighted by Gasteiger charge is 2.18. The zero-order chi connectivity index (χ0) is 13.7. The summed E-state index contributed by atoms with van der Waals surface area (Å²) in [5, 5.41) is 3.59. The summed E-state index contributed by atoms with van der Waals surface area (Å²) >= 11 is 0. The molecule has 0 radical (unpaired) electrons. The number of aryl methyl sites for hydroxylation is 1. The minimum Gasteiger partial charge on any atom is -0.369 e. The van der Waals surface area contributed by atoms with Gasteiger partial charge in [0.25, 0.3) is 0 Å². The van der Waals surface area contributed by atoms with Crippen molar-refractivity contribution in [3.8, 4) is 0 Å². The fourth-order valence-corrected chi connectivity index (χ4v) is 2.52. The van der Waals surface area contributed by atoms with Gasteiger partial charge in [0.2, 0.25) is 0 Å². The predicted octanol–water partition coefficient (Wildman–Crippen LogP) is 2.74. The molecule has 0 spiro atoms. The van der Waals surface area contributed by atoms with Crippen molar-refractivity contribution >= 4 is 5.69 Å². The Labute approximate surface area is 114 Å². The average molecular weight is 259 g/mol. The van der Waals surface area contributed by atoms with E-state index in [1.807, 2.05) is 0 Å². The van der Waals surface area contributed by atoms with Crippen LogP contribution in [0.4, 0.5) is 5.69 Å². The first-order valence-corrected chi connectivity index (χ1v) is 6.76. The van der Waals surface area contributed by atoms with Crippen molar-refractivity contribution in [1.82, 2.24) is 4.90 Å². The second kappa shape index (κ2) is 6.45. The second-order valence-corrected chi connectivity index (χ2v) is 5.00. The van der Waals surface area contributed by atoms with Crippen LogP contribution in [-0.2, 0) is 0 Å². The van der Waals surface area contributed by atoms with Crippen molar-refractivity contribution in [3.63, 3.8) is 0 Å². The van der Waals surface area contributed by atoms with Crippen molar-refractivity contribution in [2.75, 3.05) is 44.2 Å². The van der Waals surface area contributed by atoms with Gasteiger partial charge in [-0.2, -0.15) is 0 Å². The zero-order valence-electron chi connectivity index (χ0n) is 11.7. The highest BCUT2D eigenvalue weighted by Crippen LogP contribution is 2.23. The molecular formula is C14H21N5. The van der Waals surface area contributed by atoms with Gasteiger partial charge in [-0.3, -0.25) is 4.90 Å². The largest absolute Gasteiger partial charge is 0.369 e. The van der Waals surface area contributed by atoms with E-state index in [1.165, 1.54) is 16.8 Å². The Hall–Kier alpha value is -1.71. The van der Waals surface area contributed by atoms with Crippen LogP contribution >= 0.6 is 0 Å². The van der Waals surface area contributed by atoms with Gasteiger partial charge in [0, 0.05) is 49.9 Å². The molecular weight excluding hydrogens is 238 g/mol. The van der Waals surface area contributed by atoms with Crippen LogP contribution < -0.4 is 4.90 Å². The third-order valence-corrected chi connectivity index (χ3v) is 3.87. The number of piperazine rings is 1. The number of anilines is 1. The first kappa shape index (κ1) is 13.7. The van der Waals surface area contributed by atoms with Gasteiger partial charge in [-0.15, -0.1) is 0 Å². The average Bonchev–Trinajstić information content (AvgIpc) is 2.43. The maximum atomic E-state index is 8.27. The Bertz CT molecular complexity index is 471. The van der Waals surface area contributed by atoms with Gasteiger partial charge in [0.05, 0.1) is 0 Å². The lowest BCUT2D eigenvalue weighted by molar-refractivity contribution is 0.264. The van der Waals surface area contributed by atoms with Gasteiger partial charge in [-0.25, -0.2) is 0 Å². The lowest BCUT2D eigenvalue weighted by Crippen LogP contribution is -2.47. The Morgan fingerprint density at radius 3 is 2.63 bits per heavy atom. The fourth-order valence-electron chi connectivity index (χ4n) is 2.52. The summed E-state index contributed by atoms with van der Waals surface area (Å²) in [4.78, 5) is 7.60. The summed E-state index contributed by atoms with van der Waals surface area (Å²) < 4.78 is 0. The molecule has 102 valence electrons. The Morgan fingerprint density at radius 1 is 1.21 bits per heavy atom. The van der Waals surface area contributed by atoms with Crippen LogP contribution in [0.5, 0.6) is 0 Å². The van der Waals surface area contributed by atoms with E-state index in [0.717, 1.165) is 32.7 Å². The monoisotopic (exact) mass is 259 g/mol. The Morgan fingerprint density at radius 2 is 1.95 bits per heavy atom. The van der Waals surface area contributed by atoms with Gasteiger partial charge >= 0.3 is 0 Å². The number of nitrogens with zero attached hydrogens (tertiary/aromatic N) is 5. The highest BCUT2D eigenvalue weighted by atomic mass is 15.3. The maximum Gasteiger partial charge on any atom is 0.0399 e. The van der Waals surface area contributed by atoms with Gasteiger partial charge < -0.3 is 4.90 Å². The molecule has 0 bridgehead atoms. The van der Waals surface area contributed by atoms with E-state index in [2.05, 4.69) is 51.9 Å². The number of hydrogen-bond donors (Lipinski definition) is 0. The normalized spacial score (nSPS) is 16.2. The molecule has 5 nitrogen and oxygen atoms in total. The molecule has 0 saturated carbocycles. The van der Waals surface area contributed by atoms with Crippen molar-refractivity contribution in [3.05, 3.63) is 39.8 Å². The molecule has 5 heteroatoms. The number of benzene rings is 1. The number of rotatable bonds is 4. The molecule has 0 N–H and O–H groups in total. The van der Waals surface area contributed by atoms with Crippen LogP contribution in [0.15, 0.2) is 23.3 Å². The van der Waals surface area contributed by atoms with Crippen molar-refractivity contribution in [2.24, 2.45) is 5.11 Å². The van der Waals surface area contributed by atoms with Crippen molar-refractivity contribution in [1.29, 1.82) is 0 Å². The van der Waals surface area contributed by atoms with Crippen molar-refractivity contribution in [2.45, 2.75) is 13.8 Å². The quantitative estimate of drug-likeness (QED) is 0.474. The smallest absolute Gasteiger partial charge is 0.0399 e. The van der Waals surface area contributed by atoms with Crippen LogP contribution in [-0.4, -0.2) is 44.2 Å². The van der Waals surface area contributed by atoms with Gasteiger partial charge in [-0.05, 0) is 36.6 Å². The molecule has 1 aromatic carbocycles. The highest BCUT2D eigenvalue weighted by molar-refractivity contribution is 5.56. The minimum absolute atomic E-state index is 0.569. The summed E-state index contributed by atoms with van der Waals surface area (Å²) in [6, 6.07) is 6.50. The van der Waals surface area contributed by atoms with E-state index in [9.17, 15) is 0 Å². The predicted molar refractivity (Wildman–Crippen MR) is 78.6 cm³/mol. The molecule has 0 unspecified atom stereocenters. The van der Waals surface area contributed by atoms with Gasteiger partial charge in [-0.1, -0.05) is 17.2 Å². The fraction of sp³-hybridized carbons (Fsp3) is 0.571. The van der Waals surface area contributed by atoms with Crippen LogP contribution in [0.3, 0.4) is 0 Å². The van der Waals surface area contributed by atoms with Gasteiger partial charge in [0.1, 0.15) is 0 Å². The Balaban J connectivity index is 1.92. The summed E-state index contributed by atoms with van der Waals surface area (Å²) in [6.07, 6.45) is 0. The molecule has 19 heavy (non-hydrogen) atoms. The number of azide groups is 1. The lowest BCUT2D eigenvalue weighted by Gasteiger charge is -2.36. The maximum absolute atomic E-state index is 8.27. The van der Waals surface area contributed by atoms with E-state index >= 15 is 0 Å². The SMILES string of the molecule is Cc1cccc(N2CCN(CCN=[N+]=[N-])CC2)c1C. The Kier molecular flexibility index (Phi) is 4.66. The van der Waals surface area contributed by atoms with Crippen LogP contribution in [0.2, 0.25) is 0 Å². The van der Waals surface area contributed by atoms with E-state index < -0.39 is 0 Å².